The first-order valence-electron chi connectivity index (χ1n) is 5.55. The van der Waals surface area contributed by atoms with E-state index in [1.165, 1.54) is 13.0 Å². The zero-order valence-corrected chi connectivity index (χ0v) is 11.0. The summed E-state index contributed by atoms with van der Waals surface area (Å²) in [6.45, 7) is 1.53. The van der Waals surface area contributed by atoms with Gasteiger partial charge < -0.3 is 0 Å². The molecule has 0 N–H and O–H groups in total. The Labute approximate surface area is 115 Å². The maximum atomic E-state index is 11.9. The Morgan fingerprint density at radius 3 is 2.80 bits per heavy atom. The topological polar surface area (TPSA) is 103 Å². The molecule has 2 aromatic heterocycles. The van der Waals surface area contributed by atoms with Gasteiger partial charge in [0.15, 0.2) is 5.01 Å². The van der Waals surface area contributed by atoms with Crippen LogP contribution in [0.1, 0.15) is 5.69 Å². The first-order chi connectivity index (χ1) is 9.58. The first kappa shape index (κ1) is 12.4. The maximum absolute atomic E-state index is 11.9. The molecule has 3 aromatic rings. The van der Waals surface area contributed by atoms with Crippen molar-refractivity contribution >= 4 is 22.0 Å². The van der Waals surface area contributed by atoms with Crippen LogP contribution in [0.2, 0.25) is 0 Å². The lowest BCUT2D eigenvalue weighted by atomic mass is 10.2. The summed E-state index contributed by atoms with van der Waals surface area (Å²) in [5.41, 5.74) is 0.132. The standard InChI is InChI=1S/C11H7N5O3S/c1-6-10(17)15-11(13-12-6)20-9(14-15)7-4-2-3-5-8(7)16(18)19/h2-5H,1H3. The van der Waals surface area contributed by atoms with Gasteiger partial charge in [-0.15, -0.1) is 10.2 Å². The molecule has 100 valence electrons. The predicted octanol–water partition coefficient (Wildman–Crippen LogP) is 1.43. The number of fused-ring (bicyclic) bond motifs is 1. The lowest BCUT2D eigenvalue weighted by molar-refractivity contribution is -0.384. The zero-order valence-electron chi connectivity index (χ0n) is 10.2. The summed E-state index contributed by atoms with van der Waals surface area (Å²) in [5.74, 6) is 0. The molecular weight excluding hydrogens is 282 g/mol. The van der Waals surface area contributed by atoms with Gasteiger partial charge in [-0.25, -0.2) is 0 Å². The third-order valence-electron chi connectivity index (χ3n) is 2.68. The van der Waals surface area contributed by atoms with Gasteiger partial charge in [0.2, 0.25) is 4.96 Å². The smallest absolute Gasteiger partial charge is 0.265 e. The molecule has 0 saturated heterocycles. The van der Waals surface area contributed by atoms with Crippen LogP contribution in [-0.2, 0) is 0 Å². The predicted molar refractivity (Wildman–Crippen MR) is 71.8 cm³/mol. The SMILES string of the molecule is Cc1nnc2sc(-c3ccccc3[N+](=O)[O-])nn2c1=O. The van der Waals surface area contributed by atoms with Crippen LogP contribution in [0.5, 0.6) is 0 Å². The fourth-order valence-electron chi connectivity index (χ4n) is 1.72. The molecule has 0 aliphatic rings. The molecule has 0 saturated carbocycles. The van der Waals surface area contributed by atoms with Gasteiger partial charge in [0.1, 0.15) is 5.69 Å². The molecule has 2 heterocycles. The molecule has 9 heteroatoms. The van der Waals surface area contributed by atoms with Gasteiger partial charge >= 0.3 is 0 Å². The number of hydrogen-bond donors (Lipinski definition) is 0. The fraction of sp³-hybridized carbons (Fsp3) is 0.0909. The molecule has 0 aliphatic carbocycles. The lowest BCUT2D eigenvalue weighted by Gasteiger charge is -1.96. The van der Waals surface area contributed by atoms with Crippen LogP contribution in [0.25, 0.3) is 15.5 Å². The van der Waals surface area contributed by atoms with E-state index in [4.69, 9.17) is 0 Å². The van der Waals surface area contributed by atoms with E-state index in [0.29, 0.717) is 15.5 Å². The number of rotatable bonds is 2. The van der Waals surface area contributed by atoms with Crippen molar-refractivity contribution in [1.82, 2.24) is 19.8 Å². The Balaban J connectivity index is 2.29. The zero-order chi connectivity index (χ0) is 14.3. The Bertz CT molecular complexity index is 885. The van der Waals surface area contributed by atoms with Crippen LogP contribution < -0.4 is 5.56 Å². The van der Waals surface area contributed by atoms with E-state index in [2.05, 4.69) is 15.3 Å². The minimum Gasteiger partial charge on any atom is -0.265 e. The summed E-state index contributed by atoms with van der Waals surface area (Å²) in [7, 11) is 0. The van der Waals surface area contributed by atoms with Gasteiger partial charge in [-0.05, 0) is 13.0 Å². The molecule has 0 bridgehead atoms. The number of aryl methyl sites for hydroxylation is 1. The summed E-state index contributed by atoms with van der Waals surface area (Å²) in [6, 6.07) is 6.22. The van der Waals surface area contributed by atoms with E-state index < -0.39 is 4.92 Å². The minimum absolute atomic E-state index is 0.0655. The van der Waals surface area contributed by atoms with E-state index in [1.807, 2.05) is 0 Å². The van der Waals surface area contributed by atoms with E-state index in [0.717, 1.165) is 15.9 Å². The first-order valence-corrected chi connectivity index (χ1v) is 6.36. The number of hydrogen-bond acceptors (Lipinski definition) is 7. The van der Waals surface area contributed by atoms with Gasteiger partial charge in [0.25, 0.3) is 11.2 Å². The lowest BCUT2D eigenvalue weighted by Crippen LogP contribution is -2.19. The van der Waals surface area contributed by atoms with Crippen molar-refractivity contribution in [1.29, 1.82) is 0 Å². The Morgan fingerprint density at radius 1 is 1.30 bits per heavy atom. The normalized spacial score (nSPS) is 10.8. The summed E-state index contributed by atoms with van der Waals surface area (Å²) in [4.78, 5) is 22.7. The van der Waals surface area contributed by atoms with Crippen molar-refractivity contribution in [3.63, 3.8) is 0 Å². The van der Waals surface area contributed by atoms with Crippen molar-refractivity contribution in [2.24, 2.45) is 0 Å². The summed E-state index contributed by atoms with van der Waals surface area (Å²) in [5, 5.41) is 23.1. The van der Waals surface area contributed by atoms with E-state index in [9.17, 15) is 14.9 Å². The molecule has 0 atom stereocenters. The van der Waals surface area contributed by atoms with E-state index in [1.54, 1.807) is 18.2 Å². The molecule has 0 fully saturated rings. The highest BCUT2D eigenvalue weighted by Crippen LogP contribution is 2.31. The summed E-state index contributed by atoms with van der Waals surface area (Å²) >= 11 is 1.08. The van der Waals surface area contributed by atoms with Gasteiger partial charge in [0, 0.05) is 6.07 Å². The third kappa shape index (κ3) is 1.84. The highest BCUT2D eigenvalue weighted by Gasteiger charge is 2.19. The largest absolute Gasteiger partial charge is 0.296 e. The number of nitrogens with zero attached hydrogens (tertiary/aromatic N) is 5. The quantitative estimate of drug-likeness (QED) is 0.522. The van der Waals surface area contributed by atoms with Crippen LogP contribution in [0.4, 0.5) is 5.69 Å². The average Bonchev–Trinajstić information content (AvgIpc) is 2.88. The van der Waals surface area contributed by atoms with Crippen molar-refractivity contribution in [3.05, 3.63) is 50.4 Å². The fourth-order valence-corrected chi connectivity index (χ4v) is 2.58. The highest BCUT2D eigenvalue weighted by atomic mass is 32.1. The number of para-hydroxylation sites is 1. The van der Waals surface area contributed by atoms with Crippen molar-refractivity contribution in [2.45, 2.75) is 6.92 Å². The summed E-state index contributed by atoms with van der Waals surface area (Å²) in [6.07, 6.45) is 0. The Kier molecular flexibility index (Phi) is 2.75. The number of benzene rings is 1. The van der Waals surface area contributed by atoms with Crippen molar-refractivity contribution < 1.29 is 4.92 Å². The molecular formula is C11H7N5O3S. The minimum atomic E-state index is -0.485. The van der Waals surface area contributed by atoms with Crippen LogP contribution >= 0.6 is 11.3 Å². The third-order valence-corrected chi connectivity index (χ3v) is 3.61. The van der Waals surface area contributed by atoms with Crippen LogP contribution in [0.3, 0.4) is 0 Å². The number of aromatic nitrogens is 4. The second-order valence-corrected chi connectivity index (χ2v) is 4.92. The summed E-state index contributed by atoms with van der Waals surface area (Å²) < 4.78 is 1.11. The Hall–Kier alpha value is -2.68. The molecule has 3 rings (SSSR count). The monoisotopic (exact) mass is 289 g/mol. The molecule has 0 unspecified atom stereocenters. The molecule has 0 spiro atoms. The number of nitro groups is 1. The average molecular weight is 289 g/mol. The van der Waals surface area contributed by atoms with Gasteiger partial charge in [0.05, 0.1) is 10.5 Å². The molecule has 1 aromatic carbocycles. The van der Waals surface area contributed by atoms with Crippen molar-refractivity contribution in [3.8, 4) is 10.6 Å². The van der Waals surface area contributed by atoms with Gasteiger partial charge in [-0.3, -0.25) is 14.9 Å². The second-order valence-electron chi connectivity index (χ2n) is 3.97. The van der Waals surface area contributed by atoms with E-state index in [-0.39, 0.29) is 16.9 Å². The number of nitro benzene ring substituents is 1. The second kappa shape index (κ2) is 4.46. The molecule has 0 aliphatic heterocycles. The van der Waals surface area contributed by atoms with Gasteiger partial charge in [-0.2, -0.15) is 9.61 Å². The Morgan fingerprint density at radius 2 is 2.05 bits per heavy atom. The van der Waals surface area contributed by atoms with Gasteiger partial charge in [-0.1, -0.05) is 23.5 Å². The maximum Gasteiger partial charge on any atom is 0.296 e. The molecule has 0 radical (unpaired) electrons. The molecule has 8 nitrogen and oxygen atoms in total. The van der Waals surface area contributed by atoms with E-state index >= 15 is 0 Å². The van der Waals surface area contributed by atoms with Crippen LogP contribution in [0, 0.1) is 17.0 Å². The molecule has 20 heavy (non-hydrogen) atoms. The van der Waals surface area contributed by atoms with Crippen LogP contribution in [0.15, 0.2) is 29.1 Å². The molecule has 0 amide bonds. The van der Waals surface area contributed by atoms with Crippen LogP contribution in [-0.4, -0.2) is 24.7 Å². The van der Waals surface area contributed by atoms with Crippen molar-refractivity contribution in [2.75, 3.05) is 0 Å². The highest BCUT2D eigenvalue weighted by molar-refractivity contribution is 7.19.